The molecule has 4 unspecified atom stereocenters. The highest BCUT2D eigenvalue weighted by Gasteiger charge is 2.22. The number of aliphatic hydroxyl groups is 2. The Bertz CT molecular complexity index is 716. The Labute approximate surface area is 164 Å². The second-order valence-electron chi connectivity index (χ2n) is 6.35. The second-order valence-corrected chi connectivity index (χ2v) is 6.35. The monoisotopic (exact) mass is 384 g/mol. The van der Waals surface area contributed by atoms with Gasteiger partial charge in [0.2, 0.25) is 0 Å². The summed E-state index contributed by atoms with van der Waals surface area (Å²) in [5, 5.41) is 19.8. The number of esters is 2. The molecule has 148 valence electrons. The second kappa shape index (κ2) is 10.4. The van der Waals surface area contributed by atoms with Gasteiger partial charge in [0.15, 0.2) is 12.2 Å². The fourth-order valence-electron chi connectivity index (χ4n) is 2.64. The lowest BCUT2D eigenvalue weighted by molar-refractivity contribution is -0.151. The smallest absolute Gasteiger partial charge is 0.331 e. The Kier molecular flexibility index (Phi) is 7.92. The summed E-state index contributed by atoms with van der Waals surface area (Å²) >= 11 is 0. The van der Waals surface area contributed by atoms with E-state index in [9.17, 15) is 19.8 Å². The quantitative estimate of drug-likeness (QED) is 0.537. The number of ether oxygens (including phenoxy) is 2. The van der Waals surface area contributed by atoms with Crippen LogP contribution in [0.1, 0.15) is 37.2 Å². The van der Waals surface area contributed by atoms with Gasteiger partial charge in [0.1, 0.15) is 0 Å². The minimum absolute atomic E-state index is 0.639. The van der Waals surface area contributed by atoms with Crippen molar-refractivity contribution in [3.63, 3.8) is 0 Å². The topological polar surface area (TPSA) is 93.1 Å². The minimum atomic E-state index is -0.926. The molecule has 0 spiro atoms. The molecule has 0 radical (unpaired) electrons. The molecular formula is C22H24O6. The van der Waals surface area contributed by atoms with Crippen molar-refractivity contribution in [1.29, 1.82) is 0 Å². The van der Waals surface area contributed by atoms with E-state index in [4.69, 9.17) is 9.47 Å². The molecule has 0 saturated heterocycles. The first-order valence-electron chi connectivity index (χ1n) is 8.94. The Morgan fingerprint density at radius 2 is 1.04 bits per heavy atom. The number of hydrogen-bond donors (Lipinski definition) is 2. The summed E-state index contributed by atoms with van der Waals surface area (Å²) in [4.78, 5) is 24.1. The van der Waals surface area contributed by atoms with Crippen LogP contribution in [0.25, 0.3) is 0 Å². The van der Waals surface area contributed by atoms with E-state index in [2.05, 4.69) is 0 Å². The molecule has 0 aliphatic heterocycles. The zero-order valence-corrected chi connectivity index (χ0v) is 15.8. The van der Waals surface area contributed by atoms with Crippen molar-refractivity contribution in [1.82, 2.24) is 0 Å². The Balaban J connectivity index is 1.99. The van der Waals surface area contributed by atoms with E-state index < -0.39 is 36.4 Å². The molecule has 2 N–H and O–H groups in total. The predicted molar refractivity (Wildman–Crippen MR) is 103 cm³/mol. The number of carbonyl (C=O) groups excluding carboxylic acids is 2. The SMILES string of the molecule is CC(O)C(OC(=O)/C=C/C(=O)OC(c1ccccc1)C(C)O)c1ccccc1. The molecule has 0 aliphatic rings. The van der Waals surface area contributed by atoms with Crippen LogP contribution in [0.2, 0.25) is 0 Å². The van der Waals surface area contributed by atoms with Gasteiger partial charge in [0.25, 0.3) is 0 Å². The lowest BCUT2D eigenvalue weighted by Gasteiger charge is -2.20. The average molecular weight is 384 g/mol. The van der Waals surface area contributed by atoms with E-state index in [1.807, 2.05) is 12.1 Å². The predicted octanol–water partition coefficient (Wildman–Crippen LogP) is 2.87. The first-order valence-corrected chi connectivity index (χ1v) is 8.94. The number of aliphatic hydroxyl groups excluding tert-OH is 2. The minimum Gasteiger partial charge on any atom is -0.452 e. The fourth-order valence-corrected chi connectivity index (χ4v) is 2.64. The lowest BCUT2D eigenvalue weighted by Crippen LogP contribution is -2.22. The molecular weight excluding hydrogens is 360 g/mol. The van der Waals surface area contributed by atoms with Crippen LogP contribution in [0.5, 0.6) is 0 Å². The zero-order chi connectivity index (χ0) is 20.5. The highest BCUT2D eigenvalue weighted by molar-refractivity contribution is 5.91. The van der Waals surface area contributed by atoms with E-state index in [0.717, 1.165) is 12.2 Å². The largest absolute Gasteiger partial charge is 0.452 e. The van der Waals surface area contributed by atoms with Crippen LogP contribution in [-0.2, 0) is 19.1 Å². The van der Waals surface area contributed by atoms with E-state index in [1.165, 1.54) is 13.8 Å². The highest BCUT2D eigenvalue weighted by Crippen LogP contribution is 2.23. The van der Waals surface area contributed by atoms with Crippen molar-refractivity contribution in [2.45, 2.75) is 38.3 Å². The molecule has 6 heteroatoms. The lowest BCUT2D eigenvalue weighted by atomic mass is 10.1. The first-order chi connectivity index (χ1) is 13.4. The summed E-state index contributed by atoms with van der Waals surface area (Å²) < 4.78 is 10.5. The maximum Gasteiger partial charge on any atom is 0.331 e. The van der Waals surface area contributed by atoms with E-state index in [-0.39, 0.29) is 0 Å². The molecule has 0 aromatic heterocycles. The van der Waals surface area contributed by atoms with Gasteiger partial charge in [-0.2, -0.15) is 0 Å². The summed E-state index contributed by atoms with van der Waals surface area (Å²) in [6.07, 6.45) is -1.70. The van der Waals surface area contributed by atoms with Crippen LogP contribution in [0.3, 0.4) is 0 Å². The van der Waals surface area contributed by atoms with Crippen molar-refractivity contribution < 1.29 is 29.3 Å². The van der Waals surface area contributed by atoms with Crippen LogP contribution in [0, 0.1) is 0 Å². The Morgan fingerprint density at radius 3 is 1.32 bits per heavy atom. The Hall–Kier alpha value is -2.96. The Morgan fingerprint density at radius 1 is 0.714 bits per heavy atom. The van der Waals surface area contributed by atoms with Gasteiger partial charge >= 0.3 is 11.9 Å². The average Bonchev–Trinajstić information content (AvgIpc) is 2.69. The molecule has 6 nitrogen and oxygen atoms in total. The van der Waals surface area contributed by atoms with Crippen LogP contribution in [0.4, 0.5) is 0 Å². The summed E-state index contributed by atoms with van der Waals surface area (Å²) in [5.74, 6) is -1.58. The van der Waals surface area contributed by atoms with Crippen LogP contribution < -0.4 is 0 Å². The van der Waals surface area contributed by atoms with Crippen molar-refractivity contribution in [2.75, 3.05) is 0 Å². The standard InChI is InChI=1S/C22H24O6/c1-15(23)21(17-9-5-3-6-10-17)27-19(25)13-14-20(26)28-22(16(2)24)18-11-7-4-8-12-18/h3-16,21-24H,1-2H3/b14-13+. The zero-order valence-electron chi connectivity index (χ0n) is 15.8. The van der Waals surface area contributed by atoms with Crippen LogP contribution in [0.15, 0.2) is 72.8 Å². The van der Waals surface area contributed by atoms with Gasteiger partial charge in [-0.1, -0.05) is 60.7 Å². The van der Waals surface area contributed by atoms with E-state index >= 15 is 0 Å². The molecule has 0 amide bonds. The maximum atomic E-state index is 12.0. The third-order valence-corrected chi connectivity index (χ3v) is 3.97. The first kappa shape index (κ1) is 21.3. The summed E-state index contributed by atoms with van der Waals surface area (Å²) in [7, 11) is 0. The van der Waals surface area contributed by atoms with Gasteiger partial charge in [-0.3, -0.25) is 0 Å². The molecule has 2 aromatic rings. The maximum absolute atomic E-state index is 12.0. The molecule has 28 heavy (non-hydrogen) atoms. The third-order valence-electron chi connectivity index (χ3n) is 3.97. The van der Waals surface area contributed by atoms with E-state index in [1.54, 1.807) is 48.5 Å². The molecule has 0 aliphatic carbocycles. The molecule has 4 atom stereocenters. The molecule has 2 aromatic carbocycles. The normalized spacial score (nSPS) is 15.4. The molecule has 0 fully saturated rings. The summed E-state index contributed by atoms with van der Waals surface area (Å²) in [6.45, 7) is 3.02. The van der Waals surface area contributed by atoms with Crippen LogP contribution in [-0.4, -0.2) is 34.4 Å². The molecule has 2 rings (SSSR count). The molecule has 0 heterocycles. The van der Waals surface area contributed by atoms with Crippen molar-refractivity contribution in [2.24, 2.45) is 0 Å². The van der Waals surface area contributed by atoms with Gasteiger partial charge in [0, 0.05) is 12.2 Å². The fraction of sp³-hybridized carbons (Fsp3) is 0.273. The third kappa shape index (κ3) is 6.33. The number of carbonyl (C=O) groups is 2. The van der Waals surface area contributed by atoms with Crippen LogP contribution >= 0.6 is 0 Å². The van der Waals surface area contributed by atoms with Gasteiger partial charge < -0.3 is 19.7 Å². The molecule has 0 saturated carbocycles. The number of rotatable bonds is 8. The van der Waals surface area contributed by atoms with Gasteiger partial charge in [-0.15, -0.1) is 0 Å². The van der Waals surface area contributed by atoms with Crippen molar-refractivity contribution in [3.8, 4) is 0 Å². The van der Waals surface area contributed by atoms with Crippen molar-refractivity contribution in [3.05, 3.63) is 83.9 Å². The number of hydrogen-bond acceptors (Lipinski definition) is 6. The summed E-state index contributed by atoms with van der Waals surface area (Å²) in [6, 6.07) is 17.6. The number of benzene rings is 2. The summed E-state index contributed by atoms with van der Waals surface area (Å²) in [5.41, 5.74) is 1.28. The van der Waals surface area contributed by atoms with Gasteiger partial charge in [-0.25, -0.2) is 9.59 Å². The van der Waals surface area contributed by atoms with Crippen molar-refractivity contribution >= 4 is 11.9 Å². The van der Waals surface area contributed by atoms with E-state index in [0.29, 0.717) is 11.1 Å². The van der Waals surface area contributed by atoms with Gasteiger partial charge in [0.05, 0.1) is 12.2 Å². The van der Waals surface area contributed by atoms with Gasteiger partial charge in [-0.05, 0) is 25.0 Å². The molecule has 0 bridgehead atoms. The highest BCUT2D eigenvalue weighted by atomic mass is 16.6.